The van der Waals surface area contributed by atoms with E-state index in [0.29, 0.717) is 5.56 Å². The Hall–Kier alpha value is -3.23. The highest BCUT2D eigenvalue weighted by atomic mass is 19.1. The van der Waals surface area contributed by atoms with Crippen molar-refractivity contribution in [2.45, 2.75) is 25.9 Å². The van der Waals surface area contributed by atoms with Gasteiger partial charge in [-0.3, -0.25) is 9.69 Å². The van der Waals surface area contributed by atoms with Crippen LogP contribution in [-0.4, -0.2) is 29.9 Å². The quantitative estimate of drug-likeness (QED) is 0.653. The van der Waals surface area contributed by atoms with Crippen molar-refractivity contribution < 1.29 is 32.3 Å². The monoisotopic (exact) mass is 378 g/mol. The lowest BCUT2D eigenvalue weighted by molar-refractivity contribution is -0.131. The molecule has 0 unspecified atom stereocenters. The average Bonchev–Trinajstić information content (AvgIpc) is 3.09. The maximum Gasteiger partial charge on any atom is 0.374 e. The Morgan fingerprint density at radius 3 is 2.67 bits per heavy atom. The van der Waals surface area contributed by atoms with E-state index in [1.54, 1.807) is 6.92 Å². The molecule has 2 aromatic rings. The third kappa shape index (κ3) is 3.05. The molecule has 0 radical (unpaired) electrons. The molecule has 1 atom stereocenters. The highest BCUT2D eigenvalue weighted by Gasteiger charge is 2.50. The Morgan fingerprint density at radius 1 is 1.30 bits per heavy atom. The van der Waals surface area contributed by atoms with E-state index < -0.39 is 35.1 Å². The van der Waals surface area contributed by atoms with Crippen molar-refractivity contribution in [3.63, 3.8) is 0 Å². The molecule has 0 bridgehead atoms. The highest BCUT2D eigenvalue weighted by molar-refractivity contribution is 6.07. The van der Waals surface area contributed by atoms with Crippen molar-refractivity contribution in [3.05, 3.63) is 58.5 Å². The van der Waals surface area contributed by atoms with Crippen LogP contribution in [0.4, 0.5) is 13.6 Å². The topological polar surface area (TPSA) is 88.8 Å². The summed E-state index contributed by atoms with van der Waals surface area (Å²) < 4.78 is 37.6. The normalized spacial score (nSPS) is 19.4. The second-order valence-corrected chi connectivity index (χ2v) is 6.29. The van der Waals surface area contributed by atoms with Crippen molar-refractivity contribution in [2.75, 3.05) is 7.11 Å². The molecule has 1 aliphatic rings. The molecule has 27 heavy (non-hydrogen) atoms. The average molecular weight is 378 g/mol. The smallest absolute Gasteiger partial charge is 0.374 e. The zero-order valence-electron chi connectivity index (χ0n) is 14.8. The van der Waals surface area contributed by atoms with E-state index >= 15 is 0 Å². The van der Waals surface area contributed by atoms with E-state index in [0.717, 1.165) is 23.1 Å². The van der Waals surface area contributed by atoms with Gasteiger partial charge in [0.05, 0.1) is 13.7 Å². The summed E-state index contributed by atoms with van der Waals surface area (Å²) in [4.78, 5) is 37.5. The van der Waals surface area contributed by atoms with Crippen LogP contribution in [0.1, 0.15) is 34.4 Å². The van der Waals surface area contributed by atoms with Crippen molar-refractivity contribution in [2.24, 2.45) is 0 Å². The Bertz CT molecular complexity index is 955. The third-order valence-corrected chi connectivity index (χ3v) is 4.40. The van der Waals surface area contributed by atoms with Crippen LogP contribution in [0, 0.1) is 18.6 Å². The van der Waals surface area contributed by atoms with Gasteiger partial charge in [0.1, 0.15) is 22.9 Å². The molecule has 1 N–H and O–H groups in total. The number of hydrogen-bond acceptors (Lipinski definition) is 5. The molecule has 7 nitrogen and oxygen atoms in total. The minimum Gasteiger partial charge on any atom is -0.463 e. The number of nitrogens with zero attached hydrogens (tertiary/aromatic N) is 1. The van der Waals surface area contributed by atoms with Crippen molar-refractivity contribution in [3.8, 4) is 0 Å². The van der Waals surface area contributed by atoms with Gasteiger partial charge in [-0.1, -0.05) is 0 Å². The van der Waals surface area contributed by atoms with Gasteiger partial charge in [0, 0.05) is 11.1 Å². The first-order valence-corrected chi connectivity index (χ1v) is 7.94. The second kappa shape index (κ2) is 6.49. The maximum absolute atomic E-state index is 14.1. The van der Waals surface area contributed by atoms with Gasteiger partial charge >= 0.3 is 12.0 Å². The fourth-order valence-corrected chi connectivity index (χ4v) is 2.98. The molecule has 3 amide bonds. The van der Waals surface area contributed by atoms with Crippen LogP contribution < -0.4 is 5.32 Å². The number of carbonyl (C=O) groups is 3. The molecule has 0 saturated carbocycles. The van der Waals surface area contributed by atoms with Crippen LogP contribution in [0.2, 0.25) is 0 Å². The number of aryl methyl sites for hydroxylation is 1. The highest BCUT2D eigenvalue weighted by Crippen LogP contribution is 2.32. The minimum absolute atomic E-state index is 0.0431. The van der Waals surface area contributed by atoms with E-state index in [4.69, 9.17) is 4.42 Å². The van der Waals surface area contributed by atoms with Crippen molar-refractivity contribution in [1.82, 2.24) is 10.2 Å². The van der Waals surface area contributed by atoms with Crippen LogP contribution >= 0.6 is 0 Å². The van der Waals surface area contributed by atoms with Crippen LogP contribution in [0.15, 0.2) is 28.7 Å². The zero-order chi connectivity index (χ0) is 19.9. The molecule has 142 valence electrons. The zero-order valence-corrected chi connectivity index (χ0v) is 14.8. The summed E-state index contributed by atoms with van der Waals surface area (Å²) in [7, 11) is 1.19. The van der Waals surface area contributed by atoms with Gasteiger partial charge in [0.25, 0.3) is 5.91 Å². The first kappa shape index (κ1) is 18.6. The molecule has 9 heteroatoms. The molecule has 1 aromatic carbocycles. The molecule has 1 aromatic heterocycles. The van der Waals surface area contributed by atoms with Gasteiger partial charge in [-0.2, -0.15) is 0 Å². The van der Waals surface area contributed by atoms with Crippen LogP contribution in [0.3, 0.4) is 0 Å². The number of imide groups is 1. The van der Waals surface area contributed by atoms with Crippen LogP contribution in [0.25, 0.3) is 0 Å². The predicted molar refractivity (Wildman–Crippen MR) is 87.6 cm³/mol. The Kier molecular flexibility index (Phi) is 4.46. The standard InChI is InChI=1S/C18H16F2N2O5/c1-9-6-11(27-14(9)15(23)26-3)8-22-16(24)18(2,21-17(22)25)12-7-10(19)4-5-13(12)20/h4-7H,8H2,1-3H3,(H,21,25)/t18-/m0/s1. The molecule has 0 spiro atoms. The van der Waals surface area contributed by atoms with E-state index in [1.165, 1.54) is 20.1 Å². The first-order chi connectivity index (χ1) is 12.7. The van der Waals surface area contributed by atoms with Crippen molar-refractivity contribution >= 4 is 17.9 Å². The van der Waals surface area contributed by atoms with Gasteiger partial charge < -0.3 is 14.5 Å². The molecular weight excluding hydrogens is 362 g/mol. The summed E-state index contributed by atoms with van der Waals surface area (Å²) in [6, 6.07) is 3.37. The SMILES string of the molecule is COC(=O)c1oc(CN2C(=O)N[C@@](C)(c3cc(F)ccc3F)C2=O)cc1C. The summed E-state index contributed by atoms with van der Waals surface area (Å²) in [6.45, 7) is 2.62. The predicted octanol–water partition coefficient (Wildman–Crippen LogP) is 2.62. The maximum atomic E-state index is 14.1. The van der Waals surface area contributed by atoms with Gasteiger partial charge in [0.15, 0.2) is 0 Å². The fourth-order valence-electron chi connectivity index (χ4n) is 2.98. The third-order valence-electron chi connectivity index (χ3n) is 4.40. The molecule has 1 fully saturated rings. The molecule has 1 aliphatic heterocycles. The largest absolute Gasteiger partial charge is 0.463 e. The number of methoxy groups -OCH3 is 1. The number of esters is 1. The second-order valence-electron chi connectivity index (χ2n) is 6.29. The van der Waals surface area contributed by atoms with E-state index in [-0.39, 0.29) is 23.6 Å². The summed E-state index contributed by atoms with van der Waals surface area (Å²) in [5.74, 6) is -2.90. The lowest BCUT2D eigenvalue weighted by Crippen LogP contribution is -2.41. The summed E-state index contributed by atoms with van der Waals surface area (Å²) in [5.41, 5.74) is -1.58. The van der Waals surface area contributed by atoms with Crippen LogP contribution in [-0.2, 0) is 21.6 Å². The number of hydrogen-bond donors (Lipinski definition) is 1. The molecular formula is C18H16F2N2O5. The lowest BCUT2D eigenvalue weighted by Gasteiger charge is -2.22. The Morgan fingerprint density at radius 2 is 2.00 bits per heavy atom. The van der Waals surface area contributed by atoms with Gasteiger partial charge in [-0.05, 0) is 38.1 Å². The van der Waals surface area contributed by atoms with Gasteiger partial charge in [-0.25, -0.2) is 18.4 Å². The van der Waals surface area contributed by atoms with E-state index in [9.17, 15) is 23.2 Å². The number of rotatable bonds is 4. The summed E-state index contributed by atoms with van der Waals surface area (Å²) in [5, 5.41) is 2.39. The number of amides is 3. The Balaban J connectivity index is 1.91. The molecule has 3 rings (SSSR count). The van der Waals surface area contributed by atoms with Crippen molar-refractivity contribution in [1.29, 1.82) is 0 Å². The summed E-state index contributed by atoms with van der Waals surface area (Å²) in [6.07, 6.45) is 0. The molecule has 0 aliphatic carbocycles. The molecule has 1 saturated heterocycles. The minimum atomic E-state index is -1.77. The number of furan rings is 1. The van der Waals surface area contributed by atoms with Gasteiger partial charge in [0.2, 0.25) is 5.76 Å². The number of ether oxygens (including phenoxy) is 1. The summed E-state index contributed by atoms with van der Waals surface area (Å²) >= 11 is 0. The fraction of sp³-hybridized carbons (Fsp3) is 0.278. The number of carbonyl (C=O) groups excluding carboxylic acids is 3. The number of nitrogens with one attached hydrogen (secondary N) is 1. The number of urea groups is 1. The Labute approximate surface area is 152 Å². The van der Waals surface area contributed by atoms with Crippen LogP contribution in [0.5, 0.6) is 0 Å². The van der Waals surface area contributed by atoms with E-state index in [2.05, 4.69) is 10.1 Å². The molecule has 2 heterocycles. The van der Waals surface area contributed by atoms with E-state index in [1.807, 2.05) is 0 Å². The number of halogens is 2. The van der Waals surface area contributed by atoms with Gasteiger partial charge in [-0.15, -0.1) is 0 Å². The lowest BCUT2D eigenvalue weighted by atomic mass is 9.91. The number of benzene rings is 1. The first-order valence-electron chi connectivity index (χ1n) is 7.94.